The smallest absolute Gasteiger partial charge is 0.387 e. The lowest BCUT2D eigenvalue weighted by atomic mass is 10.0. The van der Waals surface area contributed by atoms with Gasteiger partial charge in [0.2, 0.25) is 0 Å². The van der Waals surface area contributed by atoms with Gasteiger partial charge in [-0.2, -0.15) is 8.78 Å². The average Bonchev–Trinajstić information content (AvgIpc) is 3.19. The second-order valence-electron chi connectivity index (χ2n) is 5.72. The highest BCUT2D eigenvalue weighted by Crippen LogP contribution is 2.48. The molecule has 21 heavy (non-hydrogen) atoms. The van der Waals surface area contributed by atoms with E-state index in [1.165, 1.54) is 32.8 Å². The first kappa shape index (κ1) is 16.0. The summed E-state index contributed by atoms with van der Waals surface area (Å²) >= 11 is 0. The Labute approximate surface area is 124 Å². The molecule has 118 valence electrons. The third-order valence-electron chi connectivity index (χ3n) is 4.01. The number of benzene rings is 1. The van der Waals surface area contributed by atoms with Crippen LogP contribution < -0.4 is 14.8 Å². The minimum Gasteiger partial charge on any atom is -0.493 e. The Morgan fingerprint density at radius 1 is 1.29 bits per heavy atom. The van der Waals surface area contributed by atoms with Gasteiger partial charge in [0.15, 0.2) is 11.5 Å². The van der Waals surface area contributed by atoms with Crippen molar-refractivity contribution in [2.45, 2.75) is 45.8 Å². The van der Waals surface area contributed by atoms with Crippen LogP contribution in [-0.4, -0.2) is 20.3 Å². The molecule has 0 saturated heterocycles. The molecule has 0 amide bonds. The van der Waals surface area contributed by atoms with Crippen LogP contribution in [0.1, 0.15) is 38.2 Å². The Hall–Kier alpha value is -1.36. The Kier molecular flexibility index (Phi) is 5.39. The van der Waals surface area contributed by atoms with Gasteiger partial charge in [0, 0.05) is 13.1 Å². The quantitative estimate of drug-likeness (QED) is 0.748. The fraction of sp³-hybridized carbons (Fsp3) is 0.625. The number of nitrogens with one attached hydrogen (secondary N) is 1. The normalized spacial score (nSPS) is 16.0. The molecule has 0 aromatic heterocycles. The molecular formula is C16H23F2NO2. The summed E-state index contributed by atoms with van der Waals surface area (Å²) in [5.41, 5.74) is 1.39. The van der Waals surface area contributed by atoms with Crippen LogP contribution in [0.3, 0.4) is 0 Å². The number of ether oxygens (including phenoxy) is 2. The van der Waals surface area contributed by atoms with Gasteiger partial charge in [0.25, 0.3) is 0 Å². The van der Waals surface area contributed by atoms with Gasteiger partial charge in [-0.15, -0.1) is 0 Å². The number of methoxy groups -OCH3 is 1. The highest BCUT2D eigenvalue weighted by molar-refractivity contribution is 5.43. The predicted molar refractivity (Wildman–Crippen MR) is 77.9 cm³/mol. The summed E-state index contributed by atoms with van der Waals surface area (Å²) in [7, 11) is 1.44. The molecular weight excluding hydrogens is 276 g/mol. The van der Waals surface area contributed by atoms with Crippen molar-refractivity contribution in [3.63, 3.8) is 0 Å². The fourth-order valence-electron chi connectivity index (χ4n) is 2.71. The molecule has 0 atom stereocenters. The maximum absolute atomic E-state index is 12.4. The molecule has 1 saturated carbocycles. The minimum atomic E-state index is -2.85. The zero-order valence-corrected chi connectivity index (χ0v) is 12.6. The first-order valence-electron chi connectivity index (χ1n) is 7.41. The van der Waals surface area contributed by atoms with E-state index in [1.54, 1.807) is 12.1 Å². The minimum absolute atomic E-state index is 0.0847. The molecule has 5 heteroatoms. The van der Waals surface area contributed by atoms with Crippen LogP contribution >= 0.6 is 0 Å². The largest absolute Gasteiger partial charge is 0.493 e. The van der Waals surface area contributed by atoms with Gasteiger partial charge in [-0.25, -0.2) is 0 Å². The number of hydrogen-bond donors (Lipinski definition) is 1. The van der Waals surface area contributed by atoms with Crippen molar-refractivity contribution in [2.24, 2.45) is 5.41 Å². The third-order valence-corrected chi connectivity index (χ3v) is 4.01. The Morgan fingerprint density at radius 3 is 2.62 bits per heavy atom. The summed E-state index contributed by atoms with van der Waals surface area (Å²) in [5, 5.41) is 3.42. The summed E-state index contributed by atoms with van der Waals surface area (Å²) in [5.74, 6) is 0.408. The second-order valence-corrected chi connectivity index (χ2v) is 5.72. The zero-order valence-electron chi connectivity index (χ0n) is 12.6. The molecule has 1 aliphatic rings. The average molecular weight is 299 g/mol. The molecule has 0 aliphatic heterocycles. The van der Waals surface area contributed by atoms with Crippen LogP contribution in [0.4, 0.5) is 8.78 Å². The molecule has 2 rings (SSSR count). The maximum atomic E-state index is 12.4. The summed E-state index contributed by atoms with van der Waals surface area (Å²) in [6.45, 7) is 0.992. The predicted octanol–water partition coefficient (Wildman–Crippen LogP) is 3.97. The molecule has 0 radical (unpaired) electrons. The van der Waals surface area contributed by atoms with E-state index in [4.69, 9.17) is 4.74 Å². The van der Waals surface area contributed by atoms with Crippen LogP contribution in [0.5, 0.6) is 11.5 Å². The van der Waals surface area contributed by atoms with Gasteiger partial charge in [0.1, 0.15) is 0 Å². The summed E-state index contributed by atoms with van der Waals surface area (Å²) in [6.07, 6.45) is 5.03. The van der Waals surface area contributed by atoms with E-state index in [0.29, 0.717) is 17.7 Å². The van der Waals surface area contributed by atoms with E-state index in [2.05, 4.69) is 17.0 Å². The molecule has 1 fully saturated rings. The molecule has 1 aliphatic carbocycles. The van der Waals surface area contributed by atoms with Crippen molar-refractivity contribution in [3.8, 4) is 11.5 Å². The maximum Gasteiger partial charge on any atom is 0.387 e. The lowest BCUT2D eigenvalue weighted by Crippen LogP contribution is -2.23. The molecule has 1 aromatic carbocycles. The number of alkyl halides is 2. The van der Waals surface area contributed by atoms with Crippen LogP contribution in [0.15, 0.2) is 18.2 Å². The van der Waals surface area contributed by atoms with E-state index < -0.39 is 6.61 Å². The van der Waals surface area contributed by atoms with E-state index >= 15 is 0 Å². The van der Waals surface area contributed by atoms with Gasteiger partial charge >= 0.3 is 6.61 Å². The van der Waals surface area contributed by atoms with Crippen LogP contribution in [0.25, 0.3) is 0 Å². The third kappa shape index (κ3) is 4.56. The highest BCUT2D eigenvalue weighted by Gasteiger charge is 2.40. The Morgan fingerprint density at radius 2 is 2.05 bits per heavy atom. The van der Waals surface area contributed by atoms with Gasteiger partial charge in [-0.1, -0.05) is 19.4 Å². The molecule has 1 aromatic rings. The topological polar surface area (TPSA) is 30.5 Å². The summed E-state index contributed by atoms with van der Waals surface area (Å²) in [4.78, 5) is 0. The summed E-state index contributed by atoms with van der Waals surface area (Å²) in [6, 6.07) is 5.13. The van der Waals surface area contributed by atoms with Crippen molar-refractivity contribution >= 4 is 0 Å². The first-order valence-corrected chi connectivity index (χ1v) is 7.41. The highest BCUT2D eigenvalue weighted by atomic mass is 19.3. The van der Waals surface area contributed by atoms with E-state index in [0.717, 1.165) is 12.1 Å². The van der Waals surface area contributed by atoms with Gasteiger partial charge in [-0.3, -0.25) is 0 Å². The van der Waals surface area contributed by atoms with Crippen molar-refractivity contribution < 1.29 is 18.3 Å². The Bertz CT molecular complexity index is 462. The molecule has 0 heterocycles. The Balaban J connectivity index is 1.91. The number of halogens is 2. The van der Waals surface area contributed by atoms with E-state index in [9.17, 15) is 8.78 Å². The summed E-state index contributed by atoms with van der Waals surface area (Å²) < 4.78 is 34.3. The van der Waals surface area contributed by atoms with Crippen LogP contribution in [0.2, 0.25) is 0 Å². The van der Waals surface area contributed by atoms with Gasteiger partial charge in [0.05, 0.1) is 7.11 Å². The first-order chi connectivity index (χ1) is 10.1. The number of rotatable bonds is 9. The fourth-order valence-corrected chi connectivity index (χ4v) is 2.71. The molecule has 0 bridgehead atoms. The molecule has 1 N–H and O–H groups in total. The lowest BCUT2D eigenvalue weighted by Gasteiger charge is -2.16. The van der Waals surface area contributed by atoms with Crippen LogP contribution in [-0.2, 0) is 6.54 Å². The standard InChI is InChI=1S/C16H23F2NO2/c1-3-6-16(7-8-16)11-19-10-12-4-5-13(20-2)14(9-12)21-15(17)18/h4-5,9,15,19H,3,6-8,10-11H2,1-2H3. The second kappa shape index (κ2) is 7.07. The molecule has 3 nitrogen and oxygen atoms in total. The lowest BCUT2D eigenvalue weighted by molar-refractivity contribution is -0.0512. The molecule has 0 unspecified atom stereocenters. The zero-order chi connectivity index (χ0) is 15.3. The van der Waals surface area contributed by atoms with Crippen molar-refractivity contribution in [2.75, 3.05) is 13.7 Å². The monoisotopic (exact) mass is 299 g/mol. The van der Waals surface area contributed by atoms with Crippen molar-refractivity contribution in [1.82, 2.24) is 5.32 Å². The van der Waals surface area contributed by atoms with Crippen molar-refractivity contribution in [1.29, 1.82) is 0 Å². The van der Waals surface area contributed by atoms with E-state index in [-0.39, 0.29) is 5.75 Å². The van der Waals surface area contributed by atoms with Crippen molar-refractivity contribution in [3.05, 3.63) is 23.8 Å². The van der Waals surface area contributed by atoms with Crippen LogP contribution in [0, 0.1) is 5.41 Å². The number of hydrogen-bond acceptors (Lipinski definition) is 3. The van der Waals surface area contributed by atoms with Gasteiger partial charge in [-0.05, 0) is 42.4 Å². The SMILES string of the molecule is CCCC1(CNCc2ccc(OC)c(OC(F)F)c2)CC1. The van der Waals surface area contributed by atoms with E-state index in [1.807, 2.05) is 6.07 Å². The molecule has 0 spiro atoms. The van der Waals surface area contributed by atoms with Gasteiger partial charge < -0.3 is 14.8 Å².